The Labute approximate surface area is 118 Å². The third-order valence-electron chi connectivity index (χ3n) is 3.06. The van der Waals surface area contributed by atoms with Gasteiger partial charge in [-0.15, -0.1) is 0 Å². The predicted octanol–water partition coefficient (Wildman–Crippen LogP) is 2.26. The molecule has 0 unspecified atom stereocenters. The Morgan fingerprint density at radius 3 is 2.50 bits per heavy atom. The van der Waals surface area contributed by atoms with Crippen LogP contribution in [0.5, 0.6) is 0 Å². The summed E-state index contributed by atoms with van der Waals surface area (Å²) < 4.78 is 5.16. The molecule has 0 aliphatic carbocycles. The molecule has 1 aromatic heterocycles. The molecule has 2 aromatic rings. The summed E-state index contributed by atoms with van der Waals surface area (Å²) in [6, 6.07) is 6.36. The molecule has 1 heterocycles. The summed E-state index contributed by atoms with van der Waals surface area (Å²) >= 11 is 0. The zero-order valence-electron chi connectivity index (χ0n) is 12.3. The van der Waals surface area contributed by atoms with E-state index in [2.05, 4.69) is 42.2 Å². The van der Waals surface area contributed by atoms with Crippen molar-refractivity contribution in [3.63, 3.8) is 0 Å². The average Bonchev–Trinajstić information content (AvgIpc) is 2.74. The van der Waals surface area contributed by atoms with Gasteiger partial charge in [0.25, 0.3) is 0 Å². The Bertz CT molecular complexity index is 599. The minimum atomic E-state index is -0.0286. The van der Waals surface area contributed by atoms with E-state index in [0.29, 0.717) is 24.7 Å². The second-order valence-electron chi connectivity index (χ2n) is 5.15. The van der Waals surface area contributed by atoms with Gasteiger partial charge < -0.3 is 9.42 Å². The molecule has 106 valence electrons. The van der Waals surface area contributed by atoms with Gasteiger partial charge in [-0.05, 0) is 19.4 Å². The van der Waals surface area contributed by atoms with E-state index in [0.717, 1.165) is 5.56 Å². The smallest absolute Gasteiger partial charge is 0.246 e. The highest BCUT2D eigenvalue weighted by Gasteiger charge is 2.11. The number of hydrogen-bond acceptors (Lipinski definition) is 4. The monoisotopic (exact) mass is 273 g/mol. The van der Waals surface area contributed by atoms with E-state index in [1.54, 1.807) is 7.05 Å². The van der Waals surface area contributed by atoms with Crippen molar-refractivity contribution >= 4 is 5.91 Å². The molecule has 0 atom stereocenters. The van der Waals surface area contributed by atoms with E-state index in [1.165, 1.54) is 23.0 Å². The van der Waals surface area contributed by atoms with Gasteiger partial charge in [-0.1, -0.05) is 34.5 Å². The molecule has 0 aliphatic rings. The van der Waals surface area contributed by atoms with Gasteiger partial charge in [0.2, 0.25) is 11.8 Å². The molecule has 0 spiro atoms. The number of amides is 1. The molecule has 0 saturated heterocycles. The molecule has 0 radical (unpaired) electrons. The summed E-state index contributed by atoms with van der Waals surface area (Å²) in [7, 11) is 1.70. The largest absolute Gasteiger partial charge is 0.337 e. The van der Waals surface area contributed by atoms with E-state index >= 15 is 0 Å². The fourth-order valence-corrected chi connectivity index (χ4v) is 2.09. The normalized spacial score (nSPS) is 10.6. The van der Waals surface area contributed by atoms with Crippen LogP contribution in [0.25, 0.3) is 0 Å². The zero-order valence-corrected chi connectivity index (χ0v) is 12.3. The van der Waals surface area contributed by atoms with Crippen LogP contribution < -0.4 is 0 Å². The van der Waals surface area contributed by atoms with Gasteiger partial charge in [-0.3, -0.25) is 4.79 Å². The van der Waals surface area contributed by atoms with E-state index in [-0.39, 0.29) is 5.91 Å². The molecule has 1 amide bonds. The highest BCUT2D eigenvalue weighted by molar-refractivity contribution is 5.72. The van der Waals surface area contributed by atoms with Gasteiger partial charge in [-0.2, -0.15) is 4.98 Å². The Kier molecular flexibility index (Phi) is 4.17. The third-order valence-corrected chi connectivity index (χ3v) is 3.06. The van der Waals surface area contributed by atoms with Crippen LogP contribution in [0, 0.1) is 13.8 Å². The maximum atomic E-state index is 11.2. The van der Waals surface area contributed by atoms with Crippen molar-refractivity contribution in [1.29, 1.82) is 0 Å². The standard InChI is InChI=1S/C15H19N3O2/c1-10-5-11(2)7-13(6-10)8-14-16-15(20-17-14)9-18(4)12(3)19/h5-7H,8-9H2,1-4H3. The first-order valence-electron chi connectivity index (χ1n) is 6.54. The number of nitrogens with zero attached hydrogens (tertiary/aromatic N) is 3. The first-order valence-corrected chi connectivity index (χ1v) is 6.54. The van der Waals surface area contributed by atoms with Gasteiger partial charge in [-0.25, -0.2) is 0 Å². The molecular formula is C15H19N3O2. The van der Waals surface area contributed by atoms with Crippen molar-refractivity contribution in [2.45, 2.75) is 33.7 Å². The van der Waals surface area contributed by atoms with E-state index in [1.807, 2.05) is 0 Å². The SMILES string of the molecule is CC(=O)N(C)Cc1nc(Cc2cc(C)cc(C)c2)no1. The molecule has 0 aliphatic heterocycles. The number of carbonyl (C=O) groups excluding carboxylic acids is 1. The van der Waals surface area contributed by atoms with Crippen molar-refractivity contribution in [2.24, 2.45) is 0 Å². The summed E-state index contributed by atoms with van der Waals surface area (Å²) in [6.07, 6.45) is 0.635. The van der Waals surface area contributed by atoms with Crippen molar-refractivity contribution in [1.82, 2.24) is 15.0 Å². The number of benzene rings is 1. The molecule has 5 heteroatoms. The number of aromatic nitrogens is 2. The lowest BCUT2D eigenvalue weighted by molar-refractivity contribution is -0.128. The molecule has 1 aromatic carbocycles. The van der Waals surface area contributed by atoms with Crippen LogP contribution in [0.2, 0.25) is 0 Å². The van der Waals surface area contributed by atoms with Crippen LogP contribution in [-0.2, 0) is 17.8 Å². The fraction of sp³-hybridized carbons (Fsp3) is 0.400. The molecule has 5 nitrogen and oxygen atoms in total. The molecule has 0 fully saturated rings. The lowest BCUT2D eigenvalue weighted by Crippen LogP contribution is -2.23. The van der Waals surface area contributed by atoms with Gasteiger partial charge in [0.15, 0.2) is 5.82 Å². The Hall–Kier alpha value is -2.17. The summed E-state index contributed by atoms with van der Waals surface area (Å²) in [5.74, 6) is 1.07. The number of aryl methyl sites for hydroxylation is 2. The quantitative estimate of drug-likeness (QED) is 0.857. The molecule has 0 saturated carbocycles. The van der Waals surface area contributed by atoms with E-state index in [9.17, 15) is 4.79 Å². The Morgan fingerprint density at radius 1 is 1.25 bits per heavy atom. The first-order chi connectivity index (χ1) is 9.44. The van der Waals surface area contributed by atoms with Crippen molar-refractivity contribution in [3.8, 4) is 0 Å². The second kappa shape index (κ2) is 5.86. The molecule has 20 heavy (non-hydrogen) atoms. The van der Waals surface area contributed by atoms with E-state index in [4.69, 9.17) is 4.52 Å². The number of carbonyl (C=O) groups is 1. The van der Waals surface area contributed by atoms with Crippen LogP contribution in [0.1, 0.15) is 35.3 Å². The van der Waals surface area contributed by atoms with E-state index < -0.39 is 0 Å². The highest BCUT2D eigenvalue weighted by atomic mass is 16.5. The molecule has 0 N–H and O–H groups in total. The average molecular weight is 273 g/mol. The van der Waals surface area contributed by atoms with Crippen molar-refractivity contribution in [2.75, 3.05) is 7.05 Å². The summed E-state index contributed by atoms with van der Waals surface area (Å²) in [5, 5.41) is 3.96. The van der Waals surface area contributed by atoms with Gasteiger partial charge in [0.05, 0.1) is 6.54 Å². The maximum absolute atomic E-state index is 11.2. The molecule has 2 rings (SSSR count). The van der Waals surface area contributed by atoms with Gasteiger partial charge in [0, 0.05) is 20.4 Å². The lowest BCUT2D eigenvalue weighted by Gasteiger charge is -2.10. The first kappa shape index (κ1) is 14.2. The summed E-state index contributed by atoms with van der Waals surface area (Å²) in [6.45, 7) is 5.99. The number of rotatable bonds is 4. The lowest BCUT2D eigenvalue weighted by atomic mass is 10.1. The molecule has 0 bridgehead atoms. The second-order valence-corrected chi connectivity index (χ2v) is 5.15. The molecular weight excluding hydrogens is 254 g/mol. The van der Waals surface area contributed by atoms with Crippen molar-refractivity contribution < 1.29 is 9.32 Å². The van der Waals surface area contributed by atoms with Gasteiger partial charge >= 0.3 is 0 Å². The minimum absolute atomic E-state index is 0.0286. The van der Waals surface area contributed by atoms with Crippen LogP contribution >= 0.6 is 0 Å². The summed E-state index contributed by atoms with van der Waals surface area (Å²) in [4.78, 5) is 17.0. The zero-order chi connectivity index (χ0) is 14.7. The maximum Gasteiger partial charge on any atom is 0.246 e. The van der Waals surface area contributed by atoms with Crippen molar-refractivity contribution in [3.05, 3.63) is 46.6 Å². The Balaban J connectivity index is 2.07. The predicted molar refractivity (Wildman–Crippen MR) is 75.2 cm³/mol. The Morgan fingerprint density at radius 2 is 1.90 bits per heavy atom. The number of hydrogen-bond donors (Lipinski definition) is 0. The van der Waals surface area contributed by atoms with Crippen LogP contribution in [0.15, 0.2) is 22.7 Å². The minimum Gasteiger partial charge on any atom is -0.337 e. The van der Waals surface area contributed by atoms with Gasteiger partial charge in [0.1, 0.15) is 0 Å². The van der Waals surface area contributed by atoms with Crippen LogP contribution in [-0.4, -0.2) is 28.0 Å². The topological polar surface area (TPSA) is 59.2 Å². The summed E-state index contributed by atoms with van der Waals surface area (Å²) in [5.41, 5.74) is 3.61. The van der Waals surface area contributed by atoms with Crippen LogP contribution in [0.3, 0.4) is 0 Å². The van der Waals surface area contributed by atoms with Crippen LogP contribution in [0.4, 0.5) is 0 Å². The highest BCUT2D eigenvalue weighted by Crippen LogP contribution is 2.12. The third kappa shape index (κ3) is 3.66. The fourth-order valence-electron chi connectivity index (χ4n) is 2.09.